The first-order valence-corrected chi connectivity index (χ1v) is 7.04. The molecule has 1 saturated heterocycles. The Hall–Kier alpha value is -2.41. The van der Waals surface area contributed by atoms with Gasteiger partial charge in [-0.05, 0) is 12.1 Å². The van der Waals surface area contributed by atoms with E-state index in [1.54, 1.807) is 17.1 Å². The summed E-state index contributed by atoms with van der Waals surface area (Å²) in [5.74, 6) is 1.02. The van der Waals surface area contributed by atoms with Crippen molar-refractivity contribution in [3.05, 3.63) is 42.7 Å². The van der Waals surface area contributed by atoms with E-state index in [4.69, 9.17) is 4.42 Å². The first-order chi connectivity index (χ1) is 10.4. The van der Waals surface area contributed by atoms with Crippen LogP contribution in [-0.4, -0.2) is 50.9 Å². The molecule has 0 aliphatic carbocycles. The fraction of sp³-hybridized carbons (Fsp3) is 0.357. The lowest BCUT2D eigenvalue weighted by Crippen LogP contribution is -2.46. The third kappa shape index (κ3) is 2.47. The Balaban J connectivity index is 1.42. The molecule has 1 fully saturated rings. The molecule has 0 spiro atoms. The first-order valence-electron chi connectivity index (χ1n) is 7.04. The van der Waals surface area contributed by atoms with Gasteiger partial charge in [-0.1, -0.05) is 0 Å². The average Bonchev–Trinajstić information content (AvgIpc) is 3.18. The molecule has 3 aromatic heterocycles. The van der Waals surface area contributed by atoms with E-state index in [1.165, 1.54) is 0 Å². The van der Waals surface area contributed by atoms with Crippen molar-refractivity contribution in [2.24, 2.45) is 0 Å². The second-order valence-electron chi connectivity index (χ2n) is 5.19. The molecule has 0 radical (unpaired) electrons. The van der Waals surface area contributed by atoms with Gasteiger partial charge in [-0.25, -0.2) is 4.52 Å². The molecule has 4 rings (SSSR count). The Bertz CT molecular complexity index is 714. The van der Waals surface area contributed by atoms with Crippen molar-refractivity contribution in [1.82, 2.24) is 24.7 Å². The molecule has 21 heavy (non-hydrogen) atoms. The maximum absolute atomic E-state index is 5.40. The molecule has 7 nitrogen and oxygen atoms in total. The number of aromatic nitrogens is 4. The summed E-state index contributed by atoms with van der Waals surface area (Å²) in [6.45, 7) is 4.86. The maximum Gasteiger partial charge on any atom is 0.179 e. The van der Waals surface area contributed by atoms with E-state index >= 15 is 0 Å². The number of anilines is 1. The Morgan fingerprint density at radius 3 is 2.90 bits per heavy atom. The fourth-order valence-corrected chi connectivity index (χ4v) is 2.67. The molecule has 1 aliphatic rings. The van der Waals surface area contributed by atoms with Gasteiger partial charge < -0.3 is 9.32 Å². The maximum atomic E-state index is 5.40. The molecule has 3 aromatic rings. The number of nitrogens with zero attached hydrogens (tertiary/aromatic N) is 6. The van der Waals surface area contributed by atoms with Crippen LogP contribution in [0.5, 0.6) is 0 Å². The summed E-state index contributed by atoms with van der Waals surface area (Å²) in [5.41, 5.74) is 1.89. The van der Waals surface area contributed by atoms with Crippen LogP contribution in [0.1, 0.15) is 5.76 Å². The Kier molecular flexibility index (Phi) is 3.04. The van der Waals surface area contributed by atoms with Crippen LogP contribution in [0.25, 0.3) is 5.65 Å². The summed E-state index contributed by atoms with van der Waals surface area (Å²) in [7, 11) is 0. The van der Waals surface area contributed by atoms with Crippen LogP contribution in [0.4, 0.5) is 5.69 Å². The van der Waals surface area contributed by atoms with Gasteiger partial charge in [0, 0.05) is 32.2 Å². The summed E-state index contributed by atoms with van der Waals surface area (Å²) in [6.07, 6.45) is 5.21. The minimum atomic E-state index is 0.783. The van der Waals surface area contributed by atoms with E-state index in [2.05, 4.69) is 25.1 Å². The molecular weight excluding hydrogens is 268 g/mol. The van der Waals surface area contributed by atoms with Gasteiger partial charge in [-0.2, -0.15) is 5.10 Å². The summed E-state index contributed by atoms with van der Waals surface area (Å²) < 4.78 is 7.08. The topological polar surface area (TPSA) is 62.7 Å². The SMILES string of the molecule is c1coc(CN2CCN(c3cnn4cnnc4c3)CC2)c1. The molecule has 0 saturated carbocycles. The van der Waals surface area contributed by atoms with Gasteiger partial charge in [-0.15, -0.1) is 10.2 Å². The minimum absolute atomic E-state index is 0.783. The van der Waals surface area contributed by atoms with E-state index in [9.17, 15) is 0 Å². The third-order valence-corrected chi connectivity index (χ3v) is 3.84. The number of hydrogen-bond donors (Lipinski definition) is 0. The van der Waals surface area contributed by atoms with Crippen molar-refractivity contribution in [1.29, 1.82) is 0 Å². The normalized spacial score (nSPS) is 16.7. The lowest BCUT2D eigenvalue weighted by molar-refractivity contribution is 0.230. The molecule has 0 aromatic carbocycles. The second-order valence-corrected chi connectivity index (χ2v) is 5.19. The predicted molar refractivity (Wildman–Crippen MR) is 77.0 cm³/mol. The number of hydrogen-bond acceptors (Lipinski definition) is 6. The third-order valence-electron chi connectivity index (χ3n) is 3.84. The van der Waals surface area contributed by atoms with Crippen LogP contribution in [0.3, 0.4) is 0 Å². The van der Waals surface area contributed by atoms with Crippen LogP contribution in [0, 0.1) is 0 Å². The van der Waals surface area contributed by atoms with E-state index < -0.39 is 0 Å². The lowest BCUT2D eigenvalue weighted by atomic mass is 10.2. The minimum Gasteiger partial charge on any atom is -0.468 e. The molecule has 4 heterocycles. The molecule has 1 aliphatic heterocycles. The van der Waals surface area contributed by atoms with Crippen molar-refractivity contribution < 1.29 is 4.42 Å². The Labute approximate surface area is 121 Å². The highest BCUT2D eigenvalue weighted by Crippen LogP contribution is 2.17. The van der Waals surface area contributed by atoms with Crippen LogP contribution in [0.15, 0.2) is 41.4 Å². The van der Waals surface area contributed by atoms with Crippen LogP contribution >= 0.6 is 0 Å². The van der Waals surface area contributed by atoms with Gasteiger partial charge in [0.1, 0.15) is 12.1 Å². The molecule has 0 bridgehead atoms. The summed E-state index contributed by atoms with van der Waals surface area (Å²) >= 11 is 0. The number of rotatable bonds is 3. The van der Waals surface area contributed by atoms with E-state index in [0.717, 1.165) is 49.8 Å². The van der Waals surface area contributed by atoms with Gasteiger partial charge in [0.15, 0.2) is 5.65 Å². The second kappa shape index (κ2) is 5.17. The fourth-order valence-electron chi connectivity index (χ4n) is 2.67. The van der Waals surface area contributed by atoms with Crippen LogP contribution in [0.2, 0.25) is 0 Å². The molecule has 0 N–H and O–H groups in total. The van der Waals surface area contributed by atoms with Crippen molar-refractivity contribution in [2.75, 3.05) is 31.1 Å². The van der Waals surface area contributed by atoms with Gasteiger partial charge in [-0.3, -0.25) is 4.90 Å². The predicted octanol–water partition coefficient (Wildman–Crippen LogP) is 1.04. The number of furan rings is 1. The standard InChI is InChI=1S/C14H16N6O/c1-2-13(21-7-1)10-18-3-5-19(6-4-18)12-8-14-17-15-11-20(14)16-9-12/h1-2,7-9,11H,3-6,10H2. The van der Waals surface area contributed by atoms with Gasteiger partial charge >= 0.3 is 0 Å². The van der Waals surface area contributed by atoms with E-state index in [1.807, 2.05) is 24.4 Å². The van der Waals surface area contributed by atoms with Crippen molar-refractivity contribution in [3.8, 4) is 0 Å². The van der Waals surface area contributed by atoms with Crippen LogP contribution < -0.4 is 4.90 Å². The molecule has 0 amide bonds. The molecule has 7 heteroatoms. The average molecular weight is 284 g/mol. The van der Waals surface area contributed by atoms with Gasteiger partial charge in [0.05, 0.1) is 24.7 Å². The quantitative estimate of drug-likeness (QED) is 0.716. The van der Waals surface area contributed by atoms with Gasteiger partial charge in [0.25, 0.3) is 0 Å². The van der Waals surface area contributed by atoms with Crippen LogP contribution in [-0.2, 0) is 6.54 Å². The van der Waals surface area contributed by atoms with E-state index in [0.29, 0.717) is 0 Å². The number of fused-ring (bicyclic) bond motifs is 1. The molecule has 0 unspecified atom stereocenters. The Morgan fingerprint density at radius 1 is 1.19 bits per heavy atom. The number of piperazine rings is 1. The van der Waals surface area contributed by atoms with Gasteiger partial charge in [0.2, 0.25) is 0 Å². The van der Waals surface area contributed by atoms with Crippen molar-refractivity contribution in [3.63, 3.8) is 0 Å². The highest BCUT2D eigenvalue weighted by atomic mass is 16.3. The highest BCUT2D eigenvalue weighted by molar-refractivity contribution is 5.53. The zero-order chi connectivity index (χ0) is 14.1. The smallest absolute Gasteiger partial charge is 0.179 e. The van der Waals surface area contributed by atoms with Crippen molar-refractivity contribution >= 4 is 11.3 Å². The summed E-state index contributed by atoms with van der Waals surface area (Å²) in [4.78, 5) is 4.73. The first kappa shape index (κ1) is 12.3. The lowest BCUT2D eigenvalue weighted by Gasteiger charge is -2.35. The monoisotopic (exact) mass is 284 g/mol. The van der Waals surface area contributed by atoms with Crippen molar-refractivity contribution in [2.45, 2.75) is 6.54 Å². The molecule has 0 atom stereocenters. The molecule has 108 valence electrons. The zero-order valence-electron chi connectivity index (χ0n) is 11.6. The largest absolute Gasteiger partial charge is 0.468 e. The zero-order valence-corrected chi connectivity index (χ0v) is 11.6. The Morgan fingerprint density at radius 2 is 2.10 bits per heavy atom. The summed E-state index contributed by atoms with van der Waals surface area (Å²) in [6, 6.07) is 5.99. The van der Waals surface area contributed by atoms with E-state index in [-0.39, 0.29) is 0 Å². The molecular formula is C14H16N6O. The summed E-state index contributed by atoms with van der Waals surface area (Å²) in [5, 5.41) is 12.2. The highest BCUT2D eigenvalue weighted by Gasteiger charge is 2.18.